The Bertz CT molecular complexity index is 1030. The highest BCUT2D eigenvalue weighted by Gasteiger charge is 2.26. The number of nitrogens with one attached hydrogen (secondary N) is 4. The molecule has 0 spiro atoms. The molecule has 1 aliphatic rings. The molecule has 9 nitrogen and oxygen atoms in total. The fraction of sp³-hybridized carbons (Fsp3) is 0.316. The lowest BCUT2D eigenvalue weighted by molar-refractivity contribution is -0.135. The van der Waals surface area contributed by atoms with Gasteiger partial charge in [0.2, 0.25) is 0 Å². The minimum absolute atomic E-state index is 0.0361. The van der Waals surface area contributed by atoms with Gasteiger partial charge in [-0.05, 0) is 43.3 Å². The Morgan fingerprint density at radius 1 is 1.23 bits per heavy atom. The zero-order chi connectivity index (χ0) is 22.7. The lowest BCUT2D eigenvalue weighted by Gasteiger charge is -2.23. The molecule has 2 amide bonds. The number of aryl methyl sites for hydroxylation is 1. The molecule has 5 N–H and O–H groups in total. The van der Waals surface area contributed by atoms with Gasteiger partial charge in [0, 0.05) is 30.4 Å². The van der Waals surface area contributed by atoms with E-state index in [9.17, 15) is 14.4 Å². The van der Waals surface area contributed by atoms with E-state index in [1.54, 1.807) is 19.1 Å². The van der Waals surface area contributed by atoms with Crippen LogP contribution in [0.25, 0.3) is 0 Å². The van der Waals surface area contributed by atoms with Crippen molar-refractivity contribution in [3.63, 3.8) is 0 Å². The Morgan fingerprint density at radius 2 is 1.97 bits per heavy atom. The van der Waals surface area contributed by atoms with Crippen molar-refractivity contribution in [3.05, 3.63) is 45.2 Å². The van der Waals surface area contributed by atoms with Crippen LogP contribution in [0.1, 0.15) is 33.0 Å². The van der Waals surface area contributed by atoms with Crippen LogP contribution < -0.4 is 20.4 Å². The number of carbonyl (C=O) groups excluding carboxylic acids is 2. The van der Waals surface area contributed by atoms with Crippen molar-refractivity contribution in [2.24, 2.45) is 0 Å². The first-order valence-corrected chi connectivity index (χ1v) is 10.4. The van der Waals surface area contributed by atoms with Crippen LogP contribution >= 0.6 is 35.0 Å². The lowest BCUT2D eigenvalue weighted by atomic mass is 10.1. The summed E-state index contributed by atoms with van der Waals surface area (Å²) < 4.78 is 0. The summed E-state index contributed by atoms with van der Waals surface area (Å²) in [5, 5.41) is 14.3. The number of halogens is 3. The largest absolute Gasteiger partial charge is 0.480 e. The van der Waals surface area contributed by atoms with E-state index < -0.39 is 24.3 Å². The van der Waals surface area contributed by atoms with E-state index >= 15 is 0 Å². The molecule has 0 aliphatic carbocycles. The summed E-state index contributed by atoms with van der Waals surface area (Å²) in [6, 6.07) is 4.71. The molecular formula is C19H20Cl3N5O4. The fourth-order valence-electron chi connectivity index (χ4n) is 3.28. The topological polar surface area (TPSA) is 127 Å². The number of aromatic nitrogens is 1. The minimum atomic E-state index is -1.15. The Balaban J connectivity index is 1.91. The molecule has 1 aromatic heterocycles. The Kier molecular flexibility index (Phi) is 7.32. The van der Waals surface area contributed by atoms with Gasteiger partial charge in [-0.2, -0.15) is 0 Å². The van der Waals surface area contributed by atoms with Crippen molar-refractivity contribution in [1.82, 2.24) is 15.1 Å². The first kappa shape index (κ1) is 23.2. The Morgan fingerprint density at radius 3 is 2.55 bits per heavy atom. The zero-order valence-electron chi connectivity index (χ0n) is 16.4. The van der Waals surface area contributed by atoms with E-state index in [1.807, 2.05) is 4.90 Å². The molecule has 0 unspecified atom stereocenters. The first-order chi connectivity index (χ1) is 14.7. The molecule has 1 aromatic carbocycles. The molecular weight excluding hydrogens is 469 g/mol. The van der Waals surface area contributed by atoms with Gasteiger partial charge in [0.1, 0.15) is 12.2 Å². The number of hydrogen-bond acceptors (Lipinski definition) is 5. The van der Waals surface area contributed by atoms with Gasteiger partial charge in [-0.25, -0.2) is 4.84 Å². The van der Waals surface area contributed by atoms with Gasteiger partial charge < -0.3 is 25.6 Å². The molecule has 12 heteroatoms. The van der Waals surface area contributed by atoms with Crippen LogP contribution in [0.4, 0.5) is 11.4 Å². The summed E-state index contributed by atoms with van der Waals surface area (Å²) in [6.07, 6.45) is 0.767. The van der Waals surface area contributed by atoms with E-state index in [0.717, 1.165) is 6.42 Å². The molecule has 2 heterocycles. The van der Waals surface area contributed by atoms with Gasteiger partial charge in [-0.1, -0.05) is 23.2 Å². The minimum Gasteiger partial charge on any atom is -0.480 e. The molecule has 166 valence electrons. The molecule has 1 saturated heterocycles. The number of carboxylic acid groups (broad SMARTS) is 1. The quantitative estimate of drug-likeness (QED) is 0.381. The van der Waals surface area contributed by atoms with E-state index in [0.29, 0.717) is 30.2 Å². The third-order valence-corrected chi connectivity index (χ3v) is 6.13. The number of carboxylic acids is 1. The number of H-pyrrole nitrogens is 1. The van der Waals surface area contributed by atoms with Crippen molar-refractivity contribution in [1.29, 1.82) is 0 Å². The molecule has 0 saturated carbocycles. The summed E-state index contributed by atoms with van der Waals surface area (Å²) in [5.74, 6) is -2.18. The van der Waals surface area contributed by atoms with Crippen molar-refractivity contribution in [2.75, 3.05) is 29.9 Å². The highest BCUT2D eigenvalue weighted by Crippen LogP contribution is 2.33. The molecule has 2 aromatic rings. The third-order valence-electron chi connectivity index (χ3n) is 4.87. The van der Waals surface area contributed by atoms with Crippen LogP contribution in [0.2, 0.25) is 10.0 Å². The van der Waals surface area contributed by atoms with Crippen molar-refractivity contribution in [2.45, 2.75) is 19.4 Å². The smallest absolute Gasteiger partial charge is 0.322 e. The molecule has 1 atom stereocenters. The van der Waals surface area contributed by atoms with Crippen molar-refractivity contribution < 1.29 is 19.5 Å². The normalized spacial score (nSPS) is 15.7. The van der Waals surface area contributed by atoms with Gasteiger partial charge in [0.05, 0.1) is 21.4 Å². The zero-order valence-corrected chi connectivity index (χ0v) is 18.7. The second-order valence-electron chi connectivity index (χ2n) is 7.06. The van der Waals surface area contributed by atoms with Crippen molar-refractivity contribution in [3.8, 4) is 0 Å². The average Bonchev–Trinajstić information content (AvgIpc) is 3.32. The number of aromatic amines is 1. The number of hydrogen-bond donors (Lipinski definition) is 5. The highest BCUT2D eigenvalue weighted by atomic mass is 35.5. The number of nitrogens with zero attached hydrogens (tertiary/aromatic N) is 1. The number of aliphatic carboxylic acids is 1. The predicted octanol–water partition coefficient (Wildman–Crippen LogP) is 3.02. The third kappa shape index (κ3) is 5.24. The maximum absolute atomic E-state index is 12.8. The van der Waals surface area contributed by atoms with Crippen LogP contribution in [0.5, 0.6) is 0 Å². The Hall–Kier alpha value is -2.46. The summed E-state index contributed by atoms with van der Waals surface area (Å²) in [5.41, 5.74) is 2.00. The fourth-order valence-corrected chi connectivity index (χ4v) is 3.87. The summed E-state index contributed by atoms with van der Waals surface area (Å²) in [7, 11) is 0. The average molecular weight is 489 g/mol. The van der Waals surface area contributed by atoms with Gasteiger partial charge >= 0.3 is 5.97 Å². The maximum Gasteiger partial charge on any atom is 0.322 e. The predicted molar refractivity (Wildman–Crippen MR) is 120 cm³/mol. The van der Waals surface area contributed by atoms with Crippen LogP contribution in [-0.2, 0) is 4.79 Å². The van der Waals surface area contributed by atoms with E-state index in [4.69, 9.17) is 40.1 Å². The second kappa shape index (κ2) is 9.78. The van der Waals surface area contributed by atoms with Crippen LogP contribution in [0, 0.1) is 6.92 Å². The molecule has 31 heavy (non-hydrogen) atoms. The van der Waals surface area contributed by atoms with E-state index in [1.165, 1.54) is 6.07 Å². The maximum atomic E-state index is 12.8. The highest BCUT2D eigenvalue weighted by molar-refractivity contribution is 6.44. The van der Waals surface area contributed by atoms with Gasteiger partial charge in [-0.15, -0.1) is 0 Å². The van der Waals surface area contributed by atoms with Gasteiger partial charge in [0.25, 0.3) is 11.8 Å². The van der Waals surface area contributed by atoms with Crippen molar-refractivity contribution >= 4 is 64.1 Å². The molecule has 1 aliphatic heterocycles. The molecule has 3 rings (SSSR count). The monoisotopic (exact) mass is 487 g/mol. The summed E-state index contributed by atoms with van der Waals surface area (Å²) in [4.78, 5) is 43.4. The SMILES string of the molecule is Cc1[nH]c(C(=O)Nc2ccc(C(=O)NCC(=O)O)cc2N2CC[C@@H](NCl)C2)c(Cl)c1Cl. The summed E-state index contributed by atoms with van der Waals surface area (Å²) in [6.45, 7) is 2.40. The van der Waals surface area contributed by atoms with Gasteiger partial charge in [-0.3, -0.25) is 14.4 Å². The number of anilines is 2. The number of benzene rings is 1. The number of carbonyl (C=O) groups is 3. The van der Waals surface area contributed by atoms with E-state index in [2.05, 4.69) is 20.5 Å². The Labute approximate surface area is 193 Å². The lowest BCUT2D eigenvalue weighted by Crippen LogP contribution is -2.30. The van der Waals surface area contributed by atoms with E-state index in [-0.39, 0.29) is 27.3 Å². The summed E-state index contributed by atoms with van der Waals surface area (Å²) >= 11 is 18.0. The number of amides is 2. The second-order valence-corrected chi connectivity index (χ2v) is 8.03. The molecule has 1 fully saturated rings. The van der Waals surface area contributed by atoms with Crippen LogP contribution in [0.3, 0.4) is 0 Å². The van der Waals surface area contributed by atoms with Crippen LogP contribution in [-0.4, -0.2) is 53.6 Å². The first-order valence-electron chi connectivity index (χ1n) is 9.31. The van der Waals surface area contributed by atoms with Crippen LogP contribution in [0.15, 0.2) is 18.2 Å². The number of rotatable bonds is 7. The molecule has 0 radical (unpaired) electrons. The molecule has 0 bridgehead atoms. The standard InChI is InChI=1S/C19H20Cl3N5O4/c1-9-15(20)16(21)17(24-9)19(31)25-12-3-2-10(18(30)23-7-14(28)29)6-13(12)27-5-4-11(8-27)26-22/h2-3,6,11,24,26H,4-5,7-8H2,1H3,(H,23,30)(H,25,31)(H,28,29)/t11-/m1/s1. The van der Waals surface area contributed by atoms with Gasteiger partial charge in [0.15, 0.2) is 0 Å².